The third-order valence-corrected chi connectivity index (χ3v) is 8.89. The number of rotatable bonds is 4. The molecule has 3 aromatic rings. The van der Waals surface area contributed by atoms with Crippen LogP contribution in [-0.2, 0) is 0 Å². The summed E-state index contributed by atoms with van der Waals surface area (Å²) in [5, 5.41) is 0. The molecule has 3 aromatic carbocycles. The standard InChI is InChI=1S/C7H3F4O.2C7H4F3.Al/c1-12-7-4(9)2-3(8)5(10)6(7)11;2*1-4-2-5(8)3-6(9)7(4)10;/h1H3;2*3H,1H3;. The molecule has 0 saturated carbocycles. The van der Waals surface area contributed by atoms with Crippen molar-refractivity contribution in [3.8, 4) is 5.75 Å². The number of hydrogen-bond donors (Lipinski definition) is 0. The maximum atomic E-state index is 15.2. The molecule has 0 aliphatic heterocycles. The first kappa shape index (κ1) is 24.9. The maximum absolute atomic E-state index is 15.2. The first-order valence-electron chi connectivity index (χ1n) is 9.02. The summed E-state index contributed by atoms with van der Waals surface area (Å²) in [6.45, 7) is 1.58. The highest BCUT2D eigenvalue weighted by Gasteiger charge is 2.43. The molecule has 0 aromatic heterocycles. The van der Waals surface area contributed by atoms with Gasteiger partial charge in [-0.3, -0.25) is 0 Å². The molecule has 0 fully saturated rings. The molecule has 0 spiro atoms. The van der Waals surface area contributed by atoms with Crippen molar-refractivity contribution in [2.75, 3.05) is 7.11 Å². The monoisotopic (exact) mass is 496 g/mol. The van der Waals surface area contributed by atoms with Gasteiger partial charge in [-0.25, -0.2) is 39.5 Å². The van der Waals surface area contributed by atoms with Gasteiger partial charge in [-0.1, -0.05) is 8.85 Å². The largest absolute Gasteiger partial charge is 0.491 e. The highest BCUT2D eigenvalue weighted by Crippen LogP contribution is 2.26. The van der Waals surface area contributed by atoms with E-state index in [1.807, 2.05) is 0 Å². The van der Waals surface area contributed by atoms with Crippen LogP contribution >= 0.6 is 0 Å². The fourth-order valence-electron chi connectivity index (χ4n) is 3.66. The Balaban J connectivity index is 2.61. The van der Waals surface area contributed by atoms with Crippen LogP contribution in [0.3, 0.4) is 0 Å². The van der Waals surface area contributed by atoms with Crippen LogP contribution in [0.15, 0.2) is 12.1 Å². The molecule has 0 N–H and O–H groups in total. The molecular formula is C21H11AlF10O. The van der Waals surface area contributed by atoms with Gasteiger partial charge in [0.05, 0.1) is 7.11 Å². The van der Waals surface area contributed by atoms with Gasteiger partial charge in [-0.05, 0) is 29.4 Å². The predicted octanol–water partition coefficient (Wildman–Crippen LogP) is 4.22. The molecule has 0 unspecified atom stereocenters. The maximum Gasteiger partial charge on any atom is 0.403 e. The fraction of sp³-hybridized carbons (Fsp3) is 0.143. The molecule has 12 heteroatoms. The molecular weight excluding hydrogens is 485 g/mol. The molecule has 0 radical (unpaired) electrons. The van der Waals surface area contributed by atoms with Crippen LogP contribution in [0, 0.1) is 72.0 Å². The summed E-state index contributed by atoms with van der Waals surface area (Å²) in [7, 11) is 0.686. The van der Waals surface area contributed by atoms with Crippen molar-refractivity contribution in [2.24, 2.45) is 0 Å². The molecule has 174 valence electrons. The van der Waals surface area contributed by atoms with Gasteiger partial charge in [-0.15, -0.1) is 0 Å². The third kappa shape index (κ3) is 3.85. The van der Waals surface area contributed by atoms with Crippen LogP contribution in [0.25, 0.3) is 0 Å². The summed E-state index contributed by atoms with van der Waals surface area (Å²) < 4.78 is 145. The lowest BCUT2D eigenvalue weighted by Crippen LogP contribution is -2.59. The molecule has 3 rings (SSSR count). The summed E-state index contributed by atoms with van der Waals surface area (Å²) >= 11 is -4.53. The number of benzene rings is 3. The zero-order chi connectivity index (χ0) is 24.9. The first-order chi connectivity index (χ1) is 15.3. The second kappa shape index (κ2) is 8.91. The zero-order valence-electron chi connectivity index (χ0n) is 16.9. The van der Waals surface area contributed by atoms with Gasteiger partial charge >= 0.3 is 14.1 Å². The van der Waals surface area contributed by atoms with E-state index in [0.29, 0.717) is 7.11 Å². The Morgan fingerprint density at radius 2 is 0.939 bits per heavy atom. The van der Waals surface area contributed by atoms with Crippen molar-refractivity contribution < 1.29 is 48.6 Å². The quantitative estimate of drug-likeness (QED) is 0.228. The molecule has 33 heavy (non-hydrogen) atoms. The minimum Gasteiger partial charge on any atom is -0.491 e. The summed E-state index contributed by atoms with van der Waals surface area (Å²) in [5.74, 6) is -20.0. The van der Waals surface area contributed by atoms with Crippen molar-refractivity contribution >= 4 is 27.4 Å². The molecule has 0 bridgehead atoms. The fourth-order valence-corrected chi connectivity index (χ4v) is 7.13. The van der Waals surface area contributed by atoms with Crippen molar-refractivity contribution in [2.45, 2.75) is 13.8 Å². The van der Waals surface area contributed by atoms with E-state index in [9.17, 15) is 39.5 Å². The van der Waals surface area contributed by atoms with Crippen LogP contribution in [-0.4, -0.2) is 21.3 Å². The van der Waals surface area contributed by atoms with Crippen LogP contribution in [0.2, 0.25) is 0 Å². The number of hydrogen-bond acceptors (Lipinski definition) is 1. The predicted molar refractivity (Wildman–Crippen MR) is 99.6 cm³/mol. The highest BCUT2D eigenvalue weighted by molar-refractivity contribution is 6.96. The minimum absolute atomic E-state index is 0.00227. The van der Waals surface area contributed by atoms with Crippen molar-refractivity contribution in [3.63, 3.8) is 0 Å². The Bertz CT molecular complexity index is 1230. The molecule has 0 amide bonds. The van der Waals surface area contributed by atoms with Crippen molar-refractivity contribution in [1.82, 2.24) is 0 Å². The number of halogens is 10. The van der Waals surface area contributed by atoms with Gasteiger partial charge in [0, 0.05) is 12.1 Å². The van der Waals surface area contributed by atoms with Gasteiger partial charge in [0.2, 0.25) is 5.82 Å². The molecule has 0 atom stereocenters. The summed E-state index contributed by atoms with van der Waals surface area (Å²) in [6, 6.07) is -0.00455. The topological polar surface area (TPSA) is 9.23 Å². The third-order valence-electron chi connectivity index (χ3n) is 5.23. The van der Waals surface area contributed by atoms with Gasteiger partial charge < -0.3 is 4.74 Å². The summed E-state index contributed by atoms with van der Waals surface area (Å²) in [6.07, 6.45) is 0. The van der Waals surface area contributed by atoms with Crippen LogP contribution in [0.1, 0.15) is 11.1 Å². The van der Waals surface area contributed by atoms with E-state index >= 15 is 4.39 Å². The summed E-state index contributed by atoms with van der Waals surface area (Å²) in [4.78, 5) is 0. The molecule has 0 saturated heterocycles. The zero-order valence-corrected chi connectivity index (χ0v) is 18.1. The number of ether oxygens (including phenoxy) is 1. The summed E-state index contributed by atoms with van der Waals surface area (Å²) in [5.41, 5.74) is -1.76. The SMILES string of the molecule is COc1c(F)c(F)c(F)[c]([Al]([c]2c(F)cc(F)c(F)c2C)[c]2c(F)cc(F)c(F)c2C)c1F. The van der Waals surface area contributed by atoms with Gasteiger partial charge in [0.25, 0.3) is 0 Å². The molecule has 0 heterocycles. The van der Waals surface area contributed by atoms with Crippen LogP contribution < -0.4 is 18.0 Å². The first-order valence-corrected chi connectivity index (χ1v) is 10.8. The molecule has 1 nitrogen and oxygen atoms in total. The number of methoxy groups -OCH3 is 1. The van der Waals surface area contributed by atoms with Crippen molar-refractivity contribution in [3.05, 3.63) is 81.4 Å². The van der Waals surface area contributed by atoms with E-state index in [-0.39, 0.29) is 12.1 Å². The lowest BCUT2D eigenvalue weighted by Gasteiger charge is -2.22. The second-order valence-corrected chi connectivity index (χ2v) is 9.62. The average molecular weight is 496 g/mol. The Kier molecular flexibility index (Phi) is 6.73. The lowest BCUT2D eigenvalue weighted by molar-refractivity contribution is 0.338. The van der Waals surface area contributed by atoms with Crippen molar-refractivity contribution in [1.29, 1.82) is 0 Å². The van der Waals surface area contributed by atoms with Gasteiger partial charge in [0.1, 0.15) is 11.6 Å². The van der Waals surface area contributed by atoms with Crippen LogP contribution in [0.4, 0.5) is 43.9 Å². The van der Waals surface area contributed by atoms with Gasteiger partial charge in [-0.2, -0.15) is 4.39 Å². The Morgan fingerprint density at radius 1 is 0.515 bits per heavy atom. The minimum atomic E-state index is -4.53. The van der Waals surface area contributed by atoms with E-state index in [0.717, 1.165) is 13.8 Å². The molecule has 0 aliphatic rings. The van der Waals surface area contributed by atoms with E-state index in [1.54, 1.807) is 0 Å². The van der Waals surface area contributed by atoms with E-state index in [1.165, 1.54) is 0 Å². The Morgan fingerprint density at radius 3 is 1.33 bits per heavy atom. The normalized spacial score (nSPS) is 11.2. The van der Waals surface area contributed by atoms with E-state index < -0.39 is 102 Å². The van der Waals surface area contributed by atoms with Gasteiger partial charge in [0.15, 0.2) is 46.5 Å². The highest BCUT2D eigenvalue weighted by atomic mass is 27.2. The lowest BCUT2D eigenvalue weighted by atomic mass is 10.2. The average Bonchev–Trinajstić information content (AvgIpc) is 2.74. The molecule has 0 aliphatic carbocycles. The smallest absolute Gasteiger partial charge is 0.403 e. The van der Waals surface area contributed by atoms with Crippen LogP contribution in [0.5, 0.6) is 5.75 Å². The Hall–Kier alpha value is -2.71. The Labute approximate surface area is 184 Å². The van der Waals surface area contributed by atoms with E-state index in [2.05, 4.69) is 4.74 Å². The second-order valence-electron chi connectivity index (χ2n) is 7.02. The van der Waals surface area contributed by atoms with E-state index in [4.69, 9.17) is 0 Å².